The van der Waals surface area contributed by atoms with Crippen LogP contribution in [0.25, 0.3) is 22.4 Å². The molecule has 1 aliphatic carbocycles. The van der Waals surface area contributed by atoms with Crippen molar-refractivity contribution in [3.05, 3.63) is 89.5 Å². The van der Waals surface area contributed by atoms with Crippen LogP contribution in [-0.2, 0) is 6.54 Å². The molecule has 202 valence electrons. The van der Waals surface area contributed by atoms with Gasteiger partial charge in [-0.25, -0.2) is 9.78 Å². The number of carboxylic acids is 1. The van der Waals surface area contributed by atoms with Crippen LogP contribution in [0.3, 0.4) is 0 Å². The van der Waals surface area contributed by atoms with Crippen LogP contribution in [0, 0.1) is 0 Å². The fourth-order valence-corrected chi connectivity index (χ4v) is 5.56. The fraction of sp³-hybridized carbons (Fsp3) is 0.344. The first kappa shape index (κ1) is 26.6. The molecule has 1 amide bonds. The van der Waals surface area contributed by atoms with Gasteiger partial charge < -0.3 is 19.7 Å². The fourth-order valence-electron chi connectivity index (χ4n) is 5.56. The molecule has 1 heterocycles. The number of aromatic carboxylic acids is 1. The summed E-state index contributed by atoms with van der Waals surface area (Å²) in [7, 11) is 0. The smallest absolute Gasteiger partial charge is 0.335 e. The largest absolute Gasteiger partial charge is 0.478 e. The van der Waals surface area contributed by atoms with Crippen LogP contribution in [0.4, 0.5) is 0 Å². The van der Waals surface area contributed by atoms with Crippen molar-refractivity contribution in [2.24, 2.45) is 0 Å². The van der Waals surface area contributed by atoms with Gasteiger partial charge in [-0.1, -0.05) is 61.7 Å². The first-order chi connectivity index (χ1) is 19.0. The van der Waals surface area contributed by atoms with Gasteiger partial charge in [0.2, 0.25) is 0 Å². The third-order valence-electron chi connectivity index (χ3n) is 7.61. The van der Waals surface area contributed by atoms with Crippen molar-refractivity contribution in [1.82, 2.24) is 14.5 Å². The number of carboxylic acid groups (broad SMARTS) is 1. The molecule has 3 aromatic carbocycles. The molecular formula is C32H35N3O4. The van der Waals surface area contributed by atoms with E-state index in [-0.39, 0.29) is 18.1 Å². The summed E-state index contributed by atoms with van der Waals surface area (Å²) in [5.74, 6) is -0.203. The number of unbranched alkanes of at least 4 members (excludes halogenated alkanes) is 1. The zero-order chi connectivity index (χ0) is 27.2. The molecule has 0 atom stereocenters. The van der Waals surface area contributed by atoms with E-state index in [9.17, 15) is 19.8 Å². The molecule has 0 saturated heterocycles. The van der Waals surface area contributed by atoms with Crippen LogP contribution in [0.2, 0.25) is 0 Å². The SMILES string of the molecule is O=C(O)c1ccc2c(c1)nc(-c1ccc(C(=O)N(CCCCO)Cc3ccccc3)cc1)n2C1CCCCC1. The number of benzene rings is 3. The van der Waals surface area contributed by atoms with Gasteiger partial charge in [-0.2, -0.15) is 0 Å². The molecule has 1 fully saturated rings. The van der Waals surface area contributed by atoms with E-state index in [1.807, 2.05) is 65.6 Å². The second-order valence-corrected chi connectivity index (χ2v) is 10.3. The number of amides is 1. The number of fused-ring (bicyclic) bond motifs is 1. The second-order valence-electron chi connectivity index (χ2n) is 10.3. The lowest BCUT2D eigenvalue weighted by Gasteiger charge is -2.26. The minimum Gasteiger partial charge on any atom is -0.478 e. The monoisotopic (exact) mass is 525 g/mol. The summed E-state index contributed by atoms with van der Waals surface area (Å²) in [4.78, 5) is 31.8. The predicted octanol–water partition coefficient (Wildman–Crippen LogP) is 6.32. The van der Waals surface area contributed by atoms with Crippen molar-refractivity contribution in [1.29, 1.82) is 0 Å². The third-order valence-corrected chi connectivity index (χ3v) is 7.61. The van der Waals surface area contributed by atoms with Gasteiger partial charge in [0.25, 0.3) is 5.91 Å². The number of imidazole rings is 1. The molecule has 0 unspecified atom stereocenters. The van der Waals surface area contributed by atoms with Gasteiger partial charge in [0.15, 0.2) is 0 Å². The molecule has 7 nitrogen and oxygen atoms in total. The molecule has 0 aliphatic heterocycles. The van der Waals surface area contributed by atoms with E-state index in [1.165, 1.54) is 6.42 Å². The standard InChI is InChI=1S/C32H35N3O4/c36-20-8-7-19-34(22-23-9-3-1-4-10-23)31(37)25-15-13-24(14-16-25)30-33-28-21-26(32(38)39)17-18-29(28)35(30)27-11-5-2-6-12-27/h1,3-4,9-10,13-18,21,27,36H,2,5-8,11-12,19-20,22H2,(H,38,39). The summed E-state index contributed by atoms with van der Waals surface area (Å²) < 4.78 is 2.27. The average Bonchev–Trinajstić information content (AvgIpc) is 3.36. The Kier molecular flexibility index (Phi) is 8.37. The quantitative estimate of drug-likeness (QED) is 0.236. The van der Waals surface area contributed by atoms with Crippen LogP contribution in [0.15, 0.2) is 72.8 Å². The molecule has 39 heavy (non-hydrogen) atoms. The van der Waals surface area contributed by atoms with Crippen LogP contribution < -0.4 is 0 Å². The van der Waals surface area contributed by atoms with Crippen molar-refractivity contribution in [3.8, 4) is 11.4 Å². The van der Waals surface area contributed by atoms with Crippen molar-refractivity contribution < 1.29 is 19.8 Å². The van der Waals surface area contributed by atoms with E-state index in [4.69, 9.17) is 4.98 Å². The number of hydrogen-bond acceptors (Lipinski definition) is 4. The number of carbonyl (C=O) groups is 2. The summed E-state index contributed by atoms with van der Waals surface area (Å²) in [6.45, 7) is 1.19. The lowest BCUT2D eigenvalue weighted by Crippen LogP contribution is -2.31. The van der Waals surface area contributed by atoms with Gasteiger partial charge in [-0.15, -0.1) is 0 Å². The molecule has 4 aromatic rings. The lowest BCUT2D eigenvalue weighted by atomic mass is 9.94. The number of carbonyl (C=O) groups excluding carboxylic acids is 1. The zero-order valence-corrected chi connectivity index (χ0v) is 22.1. The molecule has 2 N–H and O–H groups in total. The summed E-state index contributed by atoms with van der Waals surface area (Å²) in [5.41, 5.74) is 4.41. The topological polar surface area (TPSA) is 95.7 Å². The number of aliphatic hydroxyl groups excluding tert-OH is 1. The molecule has 5 rings (SSSR count). The molecule has 0 spiro atoms. The van der Waals surface area contributed by atoms with Gasteiger partial charge in [0.1, 0.15) is 5.82 Å². The van der Waals surface area contributed by atoms with Gasteiger partial charge in [-0.3, -0.25) is 4.79 Å². The maximum absolute atomic E-state index is 13.5. The first-order valence-corrected chi connectivity index (χ1v) is 13.8. The highest BCUT2D eigenvalue weighted by Gasteiger charge is 2.23. The highest BCUT2D eigenvalue weighted by molar-refractivity contribution is 5.95. The number of aromatic nitrogens is 2. The first-order valence-electron chi connectivity index (χ1n) is 13.8. The number of nitrogens with zero attached hydrogens (tertiary/aromatic N) is 3. The minimum absolute atomic E-state index is 0.0461. The molecule has 1 aliphatic rings. The van der Waals surface area contributed by atoms with E-state index in [0.29, 0.717) is 36.6 Å². The Morgan fingerprint density at radius 2 is 1.62 bits per heavy atom. The molecular weight excluding hydrogens is 490 g/mol. The Morgan fingerprint density at radius 3 is 2.31 bits per heavy atom. The molecule has 7 heteroatoms. The Hall–Kier alpha value is -3.97. The van der Waals surface area contributed by atoms with E-state index >= 15 is 0 Å². The molecule has 1 saturated carbocycles. The van der Waals surface area contributed by atoms with Gasteiger partial charge >= 0.3 is 5.97 Å². The molecule has 0 radical (unpaired) electrons. The summed E-state index contributed by atoms with van der Waals surface area (Å²) in [6, 6.07) is 23.0. The normalized spacial score (nSPS) is 14.0. The van der Waals surface area contributed by atoms with Crippen LogP contribution in [0.1, 0.15) is 77.3 Å². The second kappa shape index (κ2) is 12.3. The maximum Gasteiger partial charge on any atom is 0.335 e. The van der Waals surface area contributed by atoms with Gasteiger partial charge in [0.05, 0.1) is 16.6 Å². The zero-order valence-electron chi connectivity index (χ0n) is 22.1. The molecule has 0 bridgehead atoms. The maximum atomic E-state index is 13.5. The summed E-state index contributed by atoms with van der Waals surface area (Å²) >= 11 is 0. The molecule has 1 aromatic heterocycles. The number of rotatable bonds is 10. The van der Waals surface area contributed by atoms with Gasteiger partial charge in [0, 0.05) is 36.9 Å². The Bertz CT molecular complexity index is 1420. The Morgan fingerprint density at radius 1 is 0.897 bits per heavy atom. The Labute approximate surface area is 228 Å². The van der Waals surface area contributed by atoms with Gasteiger partial charge in [-0.05, 0) is 61.6 Å². The van der Waals surface area contributed by atoms with Crippen molar-refractivity contribution in [3.63, 3.8) is 0 Å². The predicted molar refractivity (Wildman–Crippen MR) is 152 cm³/mol. The minimum atomic E-state index is -0.965. The number of hydrogen-bond donors (Lipinski definition) is 2. The van der Waals surface area contributed by atoms with Crippen molar-refractivity contribution in [2.45, 2.75) is 57.5 Å². The Balaban J connectivity index is 1.46. The van der Waals surface area contributed by atoms with Crippen molar-refractivity contribution in [2.75, 3.05) is 13.2 Å². The average molecular weight is 526 g/mol. The highest BCUT2D eigenvalue weighted by atomic mass is 16.4. The summed E-state index contributed by atoms with van der Waals surface area (Å²) in [6.07, 6.45) is 7.08. The number of aliphatic hydroxyl groups is 1. The van der Waals surface area contributed by atoms with E-state index < -0.39 is 5.97 Å². The highest BCUT2D eigenvalue weighted by Crippen LogP contribution is 2.36. The van der Waals surface area contributed by atoms with Crippen molar-refractivity contribution >= 4 is 22.9 Å². The summed E-state index contributed by atoms with van der Waals surface area (Å²) in [5, 5.41) is 18.7. The van der Waals surface area contributed by atoms with Crippen LogP contribution in [0.5, 0.6) is 0 Å². The van der Waals surface area contributed by atoms with E-state index in [1.54, 1.807) is 12.1 Å². The van der Waals surface area contributed by atoms with E-state index in [0.717, 1.165) is 54.6 Å². The van der Waals surface area contributed by atoms with Crippen LogP contribution >= 0.6 is 0 Å². The third kappa shape index (κ3) is 6.04. The van der Waals surface area contributed by atoms with Crippen LogP contribution in [-0.4, -0.2) is 49.7 Å². The van der Waals surface area contributed by atoms with E-state index in [2.05, 4.69) is 4.57 Å². The lowest BCUT2D eigenvalue weighted by molar-refractivity contribution is 0.0695.